The molecule has 67 heavy (non-hydrogen) atoms. The Morgan fingerprint density at radius 3 is 1.66 bits per heavy atom. The number of hydrogen-bond donors (Lipinski definition) is 1. The molecule has 0 saturated carbocycles. The average Bonchev–Trinajstić information content (AvgIpc) is 3.72. The lowest BCUT2D eigenvalue weighted by molar-refractivity contribution is 0.0807. The van der Waals surface area contributed by atoms with Crippen molar-refractivity contribution in [2.45, 2.75) is 111 Å². The Labute approximate surface area is 394 Å². The van der Waals surface area contributed by atoms with Crippen LogP contribution in [0.25, 0.3) is 21.8 Å². The Morgan fingerprint density at radius 2 is 1.18 bits per heavy atom. The van der Waals surface area contributed by atoms with Gasteiger partial charge < -0.3 is 19.3 Å². The number of Topliss-reactive ketones (excluding diaryl/α,β-unsaturated/α-hetero) is 1. The minimum atomic E-state index is -2.40. The fraction of sp³-hybridized carbons (Fsp3) is 0.352. The highest BCUT2D eigenvalue weighted by atomic mass is 28.4. The van der Waals surface area contributed by atoms with E-state index >= 15 is 0 Å². The Hall–Kier alpha value is -6.24. The van der Waals surface area contributed by atoms with Crippen molar-refractivity contribution in [1.29, 1.82) is 0 Å². The van der Waals surface area contributed by atoms with Gasteiger partial charge in [0.25, 0.3) is 20.1 Å². The molecular formula is C54H60F2N4O5Si2. The van der Waals surface area contributed by atoms with Crippen molar-refractivity contribution in [3.8, 4) is 23.0 Å². The molecule has 0 fully saturated rings. The maximum Gasteiger partial charge on any atom is 0.258 e. The number of fused-ring (bicyclic) bond motifs is 4. The third kappa shape index (κ3) is 9.52. The molecule has 8 rings (SSSR count). The summed E-state index contributed by atoms with van der Waals surface area (Å²) in [6, 6.07) is 16.7. The summed E-state index contributed by atoms with van der Waals surface area (Å²) in [6.45, 7) is 22.4. The van der Waals surface area contributed by atoms with E-state index in [0.29, 0.717) is 69.4 Å². The number of phenols is 1. The van der Waals surface area contributed by atoms with E-state index in [1.807, 2.05) is 31.4 Å². The number of halogens is 2. The number of pyridine rings is 2. The van der Waals surface area contributed by atoms with Crippen molar-refractivity contribution in [3.05, 3.63) is 140 Å². The molecule has 0 unspecified atom stereocenters. The molecule has 4 heterocycles. The molecule has 9 nitrogen and oxygen atoms in total. The van der Waals surface area contributed by atoms with E-state index in [1.165, 1.54) is 36.1 Å². The van der Waals surface area contributed by atoms with Crippen LogP contribution < -0.4 is 4.43 Å². The Bertz CT molecular complexity index is 2990. The molecule has 0 atom stereocenters. The Balaban J connectivity index is 0.000000214. The second-order valence-electron chi connectivity index (χ2n) is 20.0. The SMILES string of the molecule is CC(=O)c1c2c(c(O)c3ncc(Cc4ccc(F)cc4)cc13)C(=O)N(C)C2.CC(C)[Si](Oc1c2c(c(C#C[Si](C)(C)C)c3cc(Cc4ccc(F)cc4)cnc13)CN(C)C2=O)(C(C)C)C(C)C. The number of phenolic OH excluding ortho intramolecular Hbond substituents is 1. The van der Waals surface area contributed by atoms with E-state index in [1.54, 1.807) is 30.3 Å². The number of nitrogens with zero attached hydrogens (tertiary/aromatic N) is 4. The average molecular weight is 939 g/mol. The smallest absolute Gasteiger partial charge is 0.258 e. The molecule has 0 radical (unpaired) electrons. The van der Waals surface area contributed by atoms with Gasteiger partial charge in [0, 0.05) is 67.0 Å². The third-order valence-electron chi connectivity index (χ3n) is 13.0. The summed E-state index contributed by atoms with van der Waals surface area (Å²) in [6.07, 6.45) is 4.61. The number of aromatic hydroxyl groups is 1. The fourth-order valence-electron chi connectivity index (χ4n) is 9.93. The van der Waals surface area contributed by atoms with Gasteiger partial charge in [0.1, 0.15) is 36.5 Å². The third-order valence-corrected chi connectivity index (χ3v) is 19.8. The molecular weight excluding hydrogens is 879 g/mol. The number of ketones is 1. The van der Waals surface area contributed by atoms with Crippen LogP contribution >= 0.6 is 0 Å². The molecule has 0 bridgehead atoms. The number of carbonyl (C=O) groups is 3. The molecule has 0 aliphatic carbocycles. The van der Waals surface area contributed by atoms with E-state index < -0.39 is 16.4 Å². The van der Waals surface area contributed by atoms with Crippen LogP contribution in [0.3, 0.4) is 0 Å². The van der Waals surface area contributed by atoms with Crippen molar-refractivity contribution in [1.82, 2.24) is 19.8 Å². The lowest BCUT2D eigenvalue weighted by atomic mass is 9.93. The zero-order valence-corrected chi connectivity index (χ0v) is 42.6. The number of benzene rings is 4. The van der Waals surface area contributed by atoms with E-state index in [4.69, 9.17) is 9.41 Å². The molecule has 2 aromatic heterocycles. The first kappa shape index (κ1) is 48.7. The first-order valence-corrected chi connectivity index (χ1v) is 28.5. The van der Waals surface area contributed by atoms with Gasteiger partial charge in [0.15, 0.2) is 11.5 Å². The summed E-state index contributed by atoms with van der Waals surface area (Å²) < 4.78 is 33.9. The quantitative estimate of drug-likeness (QED) is 0.0827. The predicted octanol–water partition coefficient (Wildman–Crippen LogP) is 11.8. The summed E-state index contributed by atoms with van der Waals surface area (Å²) in [5.74, 6) is 2.90. The van der Waals surface area contributed by atoms with Crippen LogP contribution in [0.4, 0.5) is 8.78 Å². The van der Waals surface area contributed by atoms with E-state index in [-0.39, 0.29) is 52.6 Å². The highest BCUT2D eigenvalue weighted by Crippen LogP contribution is 2.48. The molecule has 13 heteroatoms. The zero-order chi connectivity index (χ0) is 48.9. The Morgan fingerprint density at radius 1 is 0.716 bits per heavy atom. The number of rotatable bonds is 10. The van der Waals surface area contributed by atoms with E-state index in [2.05, 4.69) is 83.7 Å². The van der Waals surface area contributed by atoms with Gasteiger partial charge >= 0.3 is 0 Å². The largest absolute Gasteiger partial charge is 0.541 e. The minimum absolute atomic E-state index is 0.0284. The first-order chi connectivity index (χ1) is 31.5. The second-order valence-corrected chi connectivity index (χ2v) is 30.1. The fourth-order valence-corrected chi connectivity index (χ4v) is 15.7. The van der Waals surface area contributed by atoms with Gasteiger partial charge in [0.2, 0.25) is 0 Å². The molecule has 4 aromatic carbocycles. The monoisotopic (exact) mass is 938 g/mol. The minimum Gasteiger partial charge on any atom is -0.541 e. The van der Waals surface area contributed by atoms with Gasteiger partial charge in [-0.15, -0.1) is 5.54 Å². The van der Waals surface area contributed by atoms with Crippen LogP contribution in [0.15, 0.2) is 73.1 Å². The van der Waals surface area contributed by atoms with Gasteiger partial charge in [-0.3, -0.25) is 24.4 Å². The molecule has 1 N–H and O–H groups in total. The number of hydrogen-bond acceptors (Lipinski definition) is 7. The number of carbonyl (C=O) groups excluding carboxylic acids is 3. The van der Waals surface area contributed by atoms with Crippen LogP contribution in [0.2, 0.25) is 36.3 Å². The molecule has 0 saturated heterocycles. The van der Waals surface area contributed by atoms with Gasteiger partial charge in [-0.25, -0.2) is 8.78 Å². The highest BCUT2D eigenvalue weighted by molar-refractivity contribution is 6.84. The van der Waals surface area contributed by atoms with Crippen molar-refractivity contribution in [2.75, 3.05) is 14.1 Å². The van der Waals surface area contributed by atoms with Crippen molar-refractivity contribution < 1.29 is 32.7 Å². The van der Waals surface area contributed by atoms with Crippen LogP contribution in [0.5, 0.6) is 11.5 Å². The number of aromatic nitrogens is 2. The normalized spacial score (nSPS) is 13.6. The second kappa shape index (κ2) is 18.8. The summed E-state index contributed by atoms with van der Waals surface area (Å²) in [4.78, 5) is 51.0. The number of amides is 2. The summed E-state index contributed by atoms with van der Waals surface area (Å²) in [7, 11) is -0.638. The van der Waals surface area contributed by atoms with Crippen molar-refractivity contribution in [2.24, 2.45) is 0 Å². The molecule has 2 aliphatic heterocycles. The molecule has 6 aromatic rings. The Kier molecular flexibility index (Phi) is 13.7. The summed E-state index contributed by atoms with van der Waals surface area (Å²) >= 11 is 0. The lowest BCUT2D eigenvalue weighted by Crippen LogP contribution is -2.51. The summed E-state index contributed by atoms with van der Waals surface area (Å²) in [5, 5.41) is 12.1. The molecule has 2 amide bonds. The molecule has 2 aliphatic rings. The standard InChI is InChI=1S/C33H43FN2O2Si2.C21H17FN2O3/c1-21(2)40(22(3)4,23(5)6)38-32-30-29(20-36(7)33(30)37)27(15-16-39(8,9)10)28-18-25(19-35-31(28)32)17-24-11-13-26(34)14-12-24;1-11(25)17-15-8-13(7-12-3-5-14(22)6-4-12)9-23-19(15)20(26)18-16(17)10-24(2)21(18)27/h11-14,18-19,21-23H,17,20H2,1-10H3;3-6,8-9,26H,7,10H2,1-2H3. The van der Waals surface area contributed by atoms with Gasteiger partial charge in [-0.1, -0.05) is 91.4 Å². The van der Waals surface area contributed by atoms with Crippen LogP contribution in [-0.2, 0) is 25.9 Å². The molecule has 0 spiro atoms. The zero-order valence-electron chi connectivity index (χ0n) is 40.6. The van der Waals surface area contributed by atoms with E-state index in [9.17, 15) is 28.3 Å². The van der Waals surface area contributed by atoms with Crippen LogP contribution in [0, 0.1) is 23.1 Å². The van der Waals surface area contributed by atoms with Crippen molar-refractivity contribution >= 4 is 55.8 Å². The van der Waals surface area contributed by atoms with Crippen molar-refractivity contribution in [3.63, 3.8) is 0 Å². The van der Waals surface area contributed by atoms with Gasteiger partial charge in [-0.05, 0) is 101 Å². The van der Waals surface area contributed by atoms with E-state index in [0.717, 1.165) is 38.8 Å². The predicted molar refractivity (Wildman–Crippen MR) is 267 cm³/mol. The lowest BCUT2D eigenvalue weighted by Gasteiger charge is -2.42. The topological polar surface area (TPSA) is 113 Å². The molecule has 348 valence electrons. The summed E-state index contributed by atoms with van der Waals surface area (Å²) in [5.41, 5.74) is 12.9. The first-order valence-electron chi connectivity index (χ1n) is 22.9. The maximum atomic E-state index is 13.7. The highest BCUT2D eigenvalue weighted by Gasteiger charge is 2.49. The maximum absolute atomic E-state index is 13.7. The van der Waals surface area contributed by atoms with Crippen LogP contribution in [0.1, 0.15) is 118 Å². The van der Waals surface area contributed by atoms with Crippen LogP contribution in [-0.4, -0.2) is 73.0 Å². The van der Waals surface area contributed by atoms with Gasteiger partial charge in [-0.2, -0.15) is 0 Å². The van der Waals surface area contributed by atoms with Gasteiger partial charge in [0.05, 0.1) is 11.1 Å².